The highest BCUT2D eigenvalue weighted by Crippen LogP contribution is 2.05. The number of nitrogens with zero attached hydrogens (tertiary/aromatic N) is 1. The predicted molar refractivity (Wildman–Crippen MR) is 39.9 cm³/mol. The minimum absolute atomic E-state index is 0.874. The van der Waals surface area contributed by atoms with Crippen LogP contribution in [0.1, 0.15) is 31.9 Å². The van der Waals surface area contributed by atoms with Gasteiger partial charge in [0.25, 0.3) is 0 Å². The van der Waals surface area contributed by atoms with E-state index in [0.717, 1.165) is 30.9 Å². The highest BCUT2D eigenvalue weighted by Gasteiger charge is 1.98. The fourth-order valence-electron chi connectivity index (χ4n) is 0.841. The van der Waals surface area contributed by atoms with Gasteiger partial charge in [-0.05, 0) is 6.42 Å². The lowest BCUT2D eigenvalue weighted by Gasteiger charge is -1.87. The van der Waals surface area contributed by atoms with E-state index >= 15 is 0 Å². The lowest BCUT2D eigenvalue weighted by Crippen LogP contribution is -1.79. The summed E-state index contributed by atoms with van der Waals surface area (Å²) in [5.41, 5.74) is 0. The van der Waals surface area contributed by atoms with Gasteiger partial charge in [-0.15, -0.1) is 0 Å². The molecule has 2 nitrogen and oxygen atoms in total. The van der Waals surface area contributed by atoms with E-state index in [1.165, 1.54) is 0 Å². The van der Waals surface area contributed by atoms with Crippen LogP contribution in [-0.2, 0) is 12.8 Å². The third kappa shape index (κ3) is 1.59. The first kappa shape index (κ1) is 7.32. The number of hydrogen-bond acceptors (Lipinski definition) is 2. The summed E-state index contributed by atoms with van der Waals surface area (Å²) in [5.74, 6) is 1.86. The van der Waals surface area contributed by atoms with Crippen LogP contribution in [0.2, 0.25) is 0 Å². The molecule has 2 heteroatoms. The lowest BCUT2D eigenvalue weighted by atomic mass is 10.3. The quantitative estimate of drug-likeness (QED) is 0.641. The number of hydrogen-bond donors (Lipinski definition) is 0. The summed E-state index contributed by atoms with van der Waals surface area (Å²) >= 11 is 0. The molecule has 0 atom stereocenters. The smallest absolute Gasteiger partial charge is 0.194 e. The molecule has 0 unspecified atom stereocenters. The van der Waals surface area contributed by atoms with E-state index in [4.69, 9.17) is 4.42 Å². The summed E-state index contributed by atoms with van der Waals surface area (Å²) in [4.78, 5) is 4.11. The molecule has 0 bridgehead atoms. The monoisotopic (exact) mass is 139 g/mol. The predicted octanol–water partition coefficient (Wildman–Crippen LogP) is 2.19. The summed E-state index contributed by atoms with van der Waals surface area (Å²) in [7, 11) is 0. The Hall–Kier alpha value is -0.790. The Balaban J connectivity index is 2.59. The van der Waals surface area contributed by atoms with Crippen molar-refractivity contribution in [3.8, 4) is 0 Å². The second-order valence-electron chi connectivity index (χ2n) is 2.32. The van der Waals surface area contributed by atoms with Crippen LogP contribution >= 0.6 is 0 Å². The third-order valence-corrected chi connectivity index (χ3v) is 1.41. The summed E-state index contributed by atoms with van der Waals surface area (Å²) in [5, 5.41) is 0. The lowest BCUT2D eigenvalue weighted by molar-refractivity contribution is 0.456. The zero-order chi connectivity index (χ0) is 7.40. The van der Waals surface area contributed by atoms with E-state index in [1.807, 2.05) is 6.20 Å². The second-order valence-corrected chi connectivity index (χ2v) is 2.32. The molecule has 0 radical (unpaired) electrons. The van der Waals surface area contributed by atoms with Gasteiger partial charge in [0.15, 0.2) is 5.89 Å². The van der Waals surface area contributed by atoms with Crippen LogP contribution in [0.15, 0.2) is 10.6 Å². The van der Waals surface area contributed by atoms with Gasteiger partial charge < -0.3 is 4.42 Å². The van der Waals surface area contributed by atoms with Gasteiger partial charge in [-0.25, -0.2) is 4.98 Å². The molecule has 56 valence electrons. The number of aromatic nitrogens is 1. The summed E-state index contributed by atoms with van der Waals surface area (Å²) in [6, 6.07) is 0. The van der Waals surface area contributed by atoms with E-state index in [0.29, 0.717) is 0 Å². The maximum Gasteiger partial charge on any atom is 0.194 e. The SMILES string of the molecule is CCCc1ncc(CC)o1. The zero-order valence-corrected chi connectivity index (χ0v) is 6.55. The maximum absolute atomic E-state index is 5.36. The summed E-state index contributed by atoms with van der Waals surface area (Å²) < 4.78 is 5.36. The molecule has 0 fully saturated rings. The fourth-order valence-corrected chi connectivity index (χ4v) is 0.841. The first-order valence-electron chi connectivity index (χ1n) is 3.80. The van der Waals surface area contributed by atoms with Crippen LogP contribution in [0.5, 0.6) is 0 Å². The van der Waals surface area contributed by atoms with Crippen molar-refractivity contribution in [3.05, 3.63) is 17.8 Å². The molecule has 1 heterocycles. The van der Waals surface area contributed by atoms with Gasteiger partial charge in [0, 0.05) is 12.8 Å². The van der Waals surface area contributed by atoms with Crippen molar-refractivity contribution in [2.45, 2.75) is 33.1 Å². The average molecular weight is 139 g/mol. The fraction of sp³-hybridized carbons (Fsp3) is 0.625. The topological polar surface area (TPSA) is 26.0 Å². The van der Waals surface area contributed by atoms with Crippen LogP contribution in [0.25, 0.3) is 0 Å². The van der Waals surface area contributed by atoms with Gasteiger partial charge in [-0.2, -0.15) is 0 Å². The minimum Gasteiger partial charge on any atom is -0.446 e. The Bertz CT molecular complexity index is 193. The minimum atomic E-state index is 0.874. The van der Waals surface area contributed by atoms with Crippen LogP contribution < -0.4 is 0 Å². The van der Waals surface area contributed by atoms with Crippen molar-refractivity contribution in [3.63, 3.8) is 0 Å². The van der Waals surface area contributed by atoms with Gasteiger partial charge in [0.05, 0.1) is 6.20 Å². The van der Waals surface area contributed by atoms with Gasteiger partial charge in [0.2, 0.25) is 0 Å². The van der Waals surface area contributed by atoms with Crippen molar-refractivity contribution >= 4 is 0 Å². The average Bonchev–Trinajstić information content (AvgIpc) is 2.37. The molecular formula is C8H13NO. The Labute approximate surface area is 61.3 Å². The van der Waals surface area contributed by atoms with Crippen LogP contribution in [-0.4, -0.2) is 4.98 Å². The molecule has 0 spiro atoms. The van der Waals surface area contributed by atoms with Crippen LogP contribution in [0.3, 0.4) is 0 Å². The second kappa shape index (κ2) is 3.40. The Morgan fingerprint density at radius 2 is 2.30 bits per heavy atom. The first-order chi connectivity index (χ1) is 4.86. The molecule has 1 aromatic heterocycles. The first-order valence-corrected chi connectivity index (χ1v) is 3.80. The Morgan fingerprint density at radius 3 is 2.80 bits per heavy atom. The standard InChI is InChI=1S/C8H13NO/c1-3-5-8-9-6-7(4-2)10-8/h6H,3-5H2,1-2H3. The van der Waals surface area contributed by atoms with Gasteiger partial charge in [-0.3, -0.25) is 0 Å². The molecule has 1 rings (SSSR count). The van der Waals surface area contributed by atoms with Crippen molar-refractivity contribution in [2.24, 2.45) is 0 Å². The molecule has 0 N–H and O–H groups in total. The molecule has 0 saturated heterocycles. The van der Waals surface area contributed by atoms with E-state index in [1.54, 1.807) is 0 Å². The van der Waals surface area contributed by atoms with Crippen molar-refractivity contribution in [2.75, 3.05) is 0 Å². The Morgan fingerprint density at radius 1 is 1.50 bits per heavy atom. The van der Waals surface area contributed by atoms with Gasteiger partial charge in [-0.1, -0.05) is 13.8 Å². The van der Waals surface area contributed by atoms with Gasteiger partial charge >= 0.3 is 0 Å². The molecule has 0 aliphatic rings. The highest BCUT2D eigenvalue weighted by atomic mass is 16.4. The highest BCUT2D eigenvalue weighted by molar-refractivity contribution is 4.93. The van der Waals surface area contributed by atoms with Crippen molar-refractivity contribution in [1.82, 2.24) is 4.98 Å². The number of rotatable bonds is 3. The largest absolute Gasteiger partial charge is 0.446 e. The maximum atomic E-state index is 5.36. The molecule has 0 aliphatic carbocycles. The van der Waals surface area contributed by atoms with Crippen LogP contribution in [0.4, 0.5) is 0 Å². The van der Waals surface area contributed by atoms with Crippen LogP contribution in [0, 0.1) is 0 Å². The van der Waals surface area contributed by atoms with Crippen molar-refractivity contribution in [1.29, 1.82) is 0 Å². The molecule has 0 aromatic carbocycles. The molecule has 10 heavy (non-hydrogen) atoms. The zero-order valence-electron chi connectivity index (χ0n) is 6.55. The molecule has 0 saturated carbocycles. The molecular weight excluding hydrogens is 126 g/mol. The van der Waals surface area contributed by atoms with E-state index in [2.05, 4.69) is 18.8 Å². The van der Waals surface area contributed by atoms with E-state index in [-0.39, 0.29) is 0 Å². The Kier molecular flexibility index (Phi) is 2.49. The summed E-state index contributed by atoms with van der Waals surface area (Å²) in [6.07, 6.45) is 4.81. The normalized spacial score (nSPS) is 10.2. The van der Waals surface area contributed by atoms with Crippen molar-refractivity contribution < 1.29 is 4.42 Å². The summed E-state index contributed by atoms with van der Waals surface area (Å²) in [6.45, 7) is 4.19. The van der Waals surface area contributed by atoms with Gasteiger partial charge in [0.1, 0.15) is 5.76 Å². The van der Waals surface area contributed by atoms with E-state index in [9.17, 15) is 0 Å². The third-order valence-electron chi connectivity index (χ3n) is 1.41. The molecule has 0 aliphatic heterocycles. The molecule has 0 amide bonds. The molecule has 1 aromatic rings. The van der Waals surface area contributed by atoms with E-state index < -0.39 is 0 Å². The number of aryl methyl sites for hydroxylation is 2. The number of oxazole rings is 1.